The molecule has 5 nitrogen and oxygen atoms in total. The van der Waals surface area contributed by atoms with E-state index in [2.05, 4.69) is 10.6 Å². The molecule has 0 bridgehead atoms. The molecule has 1 amide bonds. The molecule has 0 spiro atoms. The van der Waals surface area contributed by atoms with Crippen molar-refractivity contribution in [3.8, 4) is 0 Å². The first kappa shape index (κ1) is 16.3. The van der Waals surface area contributed by atoms with E-state index in [4.69, 9.17) is 9.84 Å². The van der Waals surface area contributed by atoms with Gasteiger partial charge in [-0.25, -0.2) is 4.79 Å². The highest BCUT2D eigenvalue weighted by molar-refractivity contribution is 5.87. The number of carbonyl (C=O) groups excluding carboxylic acids is 1. The SMILES string of the molecule is CCOC(=O)Nc1cccc(NCCCCCO)c1C. The molecular formula is C15H24N2O3. The van der Waals surface area contributed by atoms with Crippen LogP contribution in [0.5, 0.6) is 0 Å². The maximum atomic E-state index is 11.4. The molecule has 1 aromatic carbocycles. The van der Waals surface area contributed by atoms with Crippen LogP contribution in [0.4, 0.5) is 16.2 Å². The van der Waals surface area contributed by atoms with Crippen molar-refractivity contribution in [3.63, 3.8) is 0 Å². The number of nitrogens with one attached hydrogen (secondary N) is 2. The molecule has 0 aliphatic carbocycles. The van der Waals surface area contributed by atoms with Crippen LogP contribution in [0.2, 0.25) is 0 Å². The predicted octanol–water partition coefficient (Wildman–Crippen LogP) is 3.14. The second-order valence-corrected chi connectivity index (χ2v) is 4.53. The molecule has 1 rings (SSSR count). The molecule has 20 heavy (non-hydrogen) atoms. The standard InChI is InChI=1S/C15H24N2O3/c1-3-20-15(19)17-14-9-7-8-13(12(14)2)16-10-5-4-6-11-18/h7-9,16,18H,3-6,10-11H2,1-2H3,(H,17,19). The molecule has 0 heterocycles. The molecule has 0 aliphatic heterocycles. The number of rotatable bonds is 8. The van der Waals surface area contributed by atoms with Gasteiger partial charge in [-0.1, -0.05) is 6.07 Å². The Labute approximate surface area is 120 Å². The number of carbonyl (C=O) groups is 1. The minimum Gasteiger partial charge on any atom is -0.450 e. The van der Waals surface area contributed by atoms with Gasteiger partial charge in [0.1, 0.15) is 0 Å². The topological polar surface area (TPSA) is 70.6 Å². The van der Waals surface area contributed by atoms with Crippen molar-refractivity contribution in [2.75, 3.05) is 30.4 Å². The number of ether oxygens (including phenoxy) is 1. The Bertz CT molecular complexity index is 422. The quantitative estimate of drug-likeness (QED) is 0.640. The summed E-state index contributed by atoms with van der Waals surface area (Å²) < 4.78 is 4.87. The van der Waals surface area contributed by atoms with E-state index in [1.807, 2.05) is 25.1 Å². The fourth-order valence-electron chi connectivity index (χ4n) is 1.88. The van der Waals surface area contributed by atoms with E-state index < -0.39 is 6.09 Å². The van der Waals surface area contributed by atoms with Crippen LogP contribution in [-0.2, 0) is 4.74 Å². The van der Waals surface area contributed by atoms with Crippen molar-refractivity contribution in [1.82, 2.24) is 0 Å². The third-order valence-corrected chi connectivity index (χ3v) is 3.00. The zero-order valence-corrected chi connectivity index (χ0v) is 12.2. The number of amides is 1. The second-order valence-electron chi connectivity index (χ2n) is 4.53. The van der Waals surface area contributed by atoms with Gasteiger partial charge in [-0.05, 0) is 50.8 Å². The van der Waals surface area contributed by atoms with Gasteiger partial charge in [0.25, 0.3) is 0 Å². The Morgan fingerprint density at radius 1 is 1.25 bits per heavy atom. The lowest BCUT2D eigenvalue weighted by molar-refractivity contribution is 0.168. The first-order valence-corrected chi connectivity index (χ1v) is 7.07. The maximum absolute atomic E-state index is 11.4. The lowest BCUT2D eigenvalue weighted by atomic mass is 10.1. The number of hydrogen-bond acceptors (Lipinski definition) is 4. The summed E-state index contributed by atoms with van der Waals surface area (Å²) in [6.45, 7) is 5.18. The van der Waals surface area contributed by atoms with E-state index in [1.54, 1.807) is 6.92 Å². The minimum absolute atomic E-state index is 0.248. The van der Waals surface area contributed by atoms with Gasteiger partial charge in [0.05, 0.1) is 6.61 Å². The summed E-state index contributed by atoms with van der Waals surface area (Å²) in [7, 11) is 0. The molecule has 3 N–H and O–H groups in total. The highest BCUT2D eigenvalue weighted by Gasteiger charge is 2.07. The molecule has 0 saturated carbocycles. The Balaban J connectivity index is 2.53. The van der Waals surface area contributed by atoms with Crippen molar-refractivity contribution in [3.05, 3.63) is 23.8 Å². The Hall–Kier alpha value is -1.75. The molecule has 0 saturated heterocycles. The number of unbranched alkanes of at least 4 members (excludes halogenated alkanes) is 2. The lowest BCUT2D eigenvalue weighted by Crippen LogP contribution is -2.14. The molecule has 0 aromatic heterocycles. The monoisotopic (exact) mass is 280 g/mol. The summed E-state index contributed by atoms with van der Waals surface area (Å²) >= 11 is 0. The van der Waals surface area contributed by atoms with Gasteiger partial charge in [0.2, 0.25) is 0 Å². The van der Waals surface area contributed by atoms with Crippen LogP contribution in [0.1, 0.15) is 31.7 Å². The van der Waals surface area contributed by atoms with E-state index in [0.717, 1.165) is 42.7 Å². The first-order chi connectivity index (χ1) is 9.69. The lowest BCUT2D eigenvalue weighted by Gasteiger charge is -2.14. The Morgan fingerprint density at radius 3 is 2.70 bits per heavy atom. The third kappa shape index (κ3) is 5.48. The summed E-state index contributed by atoms with van der Waals surface area (Å²) in [5.74, 6) is 0. The number of benzene rings is 1. The van der Waals surface area contributed by atoms with Crippen LogP contribution >= 0.6 is 0 Å². The van der Waals surface area contributed by atoms with Crippen LogP contribution in [0.15, 0.2) is 18.2 Å². The van der Waals surface area contributed by atoms with E-state index in [0.29, 0.717) is 6.61 Å². The molecule has 1 aromatic rings. The Morgan fingerprint density at radius 2 is 2.00 bits per heavy atom. The molecule has 5 heteroatoms. The average molecular weight is 280 g/mol. The summed E-state index contributed by atoms with van der Waals surface area (Å²) in [6, 6.07) is 5.73. The average Bonchev–Trinajstić information content (AvgIpc) is 2.42. The number of aliphatic hydroxyl groups excluding tert-OH is 1. The van der Waals surface area contributed by atoms with Gasteiger partial charge in [0.15, 0.2) is 0 Å². The van der Waals surface area contributed by atoms with Crippen molar-refractivity contribution in [2.24, 2.45) is 0 Å². The van der Waals surface area contributed by atoms with Gasteiger partial charge in [-0.3, -0.25) is 5.32 Å². The zero-order chi connectivity index (χ0) is 14.8. The van der Waals surface area contributed by atoms with Gasteiger partial charge in [-0.2, -0.15) is 0 Å². The third-order valence-electron chi connectivity index (χ3n) is 3.00. The summed E-state index contributed by atoms with van der Waals surface area (Å²) in [6.07, 6.45) is 2.42. The maximum Gasteiger partial charge on any atom is 0.411 e. The van der Waals surface area contributed by atoms with E-state index in [-0.39, 0.29) is 6.61 Å². The van der Waals surface area contributed by atoms with Crippen molar-refractivity contribution >= 4 is 17.5 Å². The van der Waals surface area contributed by atoms with Crippen LogP contribution < -0.4 is 10.6 Å². The summed E-state index contributed by atoms with van der Waals surface area (Å²) in [5.41, 5.74) is 2.75. The highest BCUT2D eigenvalue weighted by atomic mass is 16.5. The molecule has 112 valence electrons. The number of anilines is 2. The number of aliphatic hydroxyl groups is 1. The zero-order valence-electron chi connectivity index (χ0n) is 12.2. The normalized spacial score (nSPS) is 10.2. The highest BCUT2D eigenvalue weighted by Crippen LogP contribution is 2.23. The second kappa shape index (κ2) is 9.20. The van der Waals surface area contributed by atoms with E-state index in [1.165, 1.54) is 0 Å². The largest absolute Gasteiger partial charge is 0.450 e. The van der Waals surface area contributed by atoms with Crippen LogP contribution in [0, 0.1) is 6.92 Å². The molecular weight excluding hydrogens is 256 g/mol. The van der Waals surface area contributed by atoms with Crippen molar-refractivity contribution < 1.29 is 14.6 Å². The molecule has 0 unspecified atom stereocenters. The van der Waals surface area contributed by atoms with Crippen LogP contribution in [0.25, 0.3) is 0 Å². The van der Waals surface area contributed by atoms with Crippen LogP contribution in [-0.4, -0.2) is 31.0 Å². The van der Waals surface area contributed by atoms with Crippen molar-refractivity contribution in [1.29, 1.82) is 0 Å². The smallest absolute Gasteiger partial charge is 0.411 e. The Kier molecular flexibility index (Phi) is 7.50. The van der Waals surface area contributed by atoms with E-state index in [9.17, 15) is 4.79 Å². The molecule has 0 radical (unpaired) electrons. The minimum atomic E-state index is -0.435. The predicted molar refractivity (Wildman–Crippen MR) is 81.3 cm³/mol. The first-order valence-electron chi connectivity index (χ1n) is 7.07. The fraction of sp³-hybridized carbons (Fsp3) is 0.533. The molecule has 0 atom stereocenters. The summed E-state index contributed by atoms with van der Waals surface area (Å²) in [4.78, 5) is 11.4. The van der Waals surface area contributed by atoms with E-state index >= 15 is 0 Å². The van der Waals surface area contributed by atoms with Crippen molar-refractivity contribution in [2.45, 2.75) is 33.1 Å². The van der Waals surface area contributed by atoms with Crippen LogP contribution in [0.3, 0.4) is 0 Å². The number of hydrogen-bond donors (Lipinski definition) is 3. The summed E-state index contributed by atoms with van der Waals surface area (Å²) in [5, 5.41) is 14.8. The van der Waals surface area contributed by atoms with Gasteiger partial charge < -0.3 is 15.2 Å². The molecule has 0 aliphatic rings. The molecule has 0 fully saturated rings. The van der Waals surface area contributed by atoms with Gasteiger partial charge >= 0.3 is 6.09 Å². The van der Waals surface area contributed by atoms with Gasteiger partial charge in [0, 0.05) is 24.5 Å². The fourth-order valence-corrected chi connectivity index (χ4v) is 1.88. The van der Waals surface area contributed by atoms with Gasteiger partial charge in [-0.15, -0.1) is 0 Å².